The van der Waals surface area contributed by atoms with Gasteiger partial charge in [0.1, 0.15) is 6.17 Å². The van der Waals surface area contributed by atoms with E-state index in [2.05, 4.69) is 28.8 Å². The molecular weight excluding hydrogens is 248 g/mol. The molecule has 2 aliphatic rings. The Morgan fingerprint density at radius 3 is 2.75 bits per heavy atom. The van der Waals surface area contributed by atoms with Gasteiger partial charge in [-0.1, -0.05) is 30.3 Å². The van der Waals surface area contributed by atoms with Crippen LogP contribution in [0.5, 0.6) is 0 Å². The molecule has 0 spiro atoms. The number of anilines is 1. The van der Waals surface area contributed by atoms with Crippen LogP contribution in [0.3, 0.4) is 0 Å². The van der Waals surface area contributed by atoms with Gasteiger partial charge in [-0.05, 0) is 48.1 Å². The number of nitrogens with one attached hydrogen (secondary N) is 2. The van der Waals surface area contributed by atoms with E-state index >= 15 is 0 Å². The van der Waals surface area contributed by atoms with Crippen LogP contribution in [-0.2, 0) is 12.8 Å². The molecule has 0 bridgehead atoms. The molecule has 1 heterocycles. The van der Waals surface area contributed by atoms with Gasteiger partial charge in [-0.2, -0.15) is 0 Å². The highest BCUT2D eigenvalue weighted by Crippen LogP contribution is 2.29. The molecule has 20 heavy (non-hydrogen) atoms. The van der Waals surface area contributed by atoms with Crippen LogP contribution in [0.1, 0.15) is 39.6 Å². The van der Waals surface area contributed by atoms with Crippen LogP contribution in [0.15, 0.2) is 42.5 Å². The number of rotatable bonds is 1. The largest absolute Gasteiger partial charge is 0.361 e. The maximum Gasteiger partial charge on any atom is 0.255 e. The molecule has 0 aromatic heterocycles. The van der Waals surface area contributed by atoms with Gasteiger partial charge in [0.15, 0.2) is 0 Å². The molecular formula is C17H16N2O. The first kappa shape index (κ1) is 11.5. The van der Waals surface area contributed by atoms with Crippen molar-refractivity contribution in [3.05, 3.63) is 64.7 Å². The summed E-state index contributed by atoms with van der Waals surface area (Å²) in [6.45, 7) is 0. The molecule has 0 unspecified atom stereocenters. The lowest BCUT2D eigenvalue weighted by molar-refractivity contribution is 0.0935. The Balaban J connectivity index is 1.69. The fourth-order valence-electron chi connectivity index (χ4n) is 3.15. The van der Waals surface area contributed by atoms with E-state index in [1.807, 2.05) is 24.3 Å². The van der Waals surface area contributed by atoms with Crippen LogP contribution in [0.4, 0.5) is 5.69 Å². The summed E-state index contributed by atoms with van der Waals surface area (Å²) in [6.07, 6.45) is 3.44. The quantitative estimate of drug-likeness (QED) is 0.831. The van der Waals surface area contributed by atoms with Crippen molar-refractivity contribution in [1.82, 2.24) is 5.32 Å². The normalized spacial score (nSPS) is 19.8. The Labute approximate surface area is 118 Å². The highest BCUT2D eigenvalue weighted by Gasteiger charge is 2.24. The first-order valence-electron chi connectivity index (χ1n) is 7.09. The number of aryl methyl sites for hydroxylation is 2. The summed E-state index contributed by atoms with van der Waals surface area (Å²) in [4.78, 5) is 12.2. The number of benzene rings is 2. The minimum Gasteiger partial charge on any atom is -0.361 e. The van der Waals surface area contributed by atoms with Crippen molar-refractivity contribution in [2.24, 2.45) is 0 Å². The van der Waals surface area contributed by atoms with Crippen LogP contribution < -0.4 is 10.6 Å². The predicted octanol–water partition coefficient (Wildman–Crippen LogP) is 3.03. The minimum absolute atomic E-state index is 0.00940. The predicted molar refractivity (Wildman–Crippen MR) is 78.7 cm³/mol. The third kappa shape index (κ3) is 1.78. The summed E-state index contributed by atoms with van der Waals surface area (Å²) < 4.78 is 0. The Bertz CT molecular complexity index is 693. The van der Waals surface area contributed by atoms with Gasteiger partial charge >= 0.3 is 0 Å². The zero-order valence-electron chi connectivity index (χ0n) is 11.1. The van der Waals surface area contributed by atoms with Gasteiger partial charge in [0.2, 0.25) is 0 Å². The molecule has 1 atom stereocenters. The monoisotopic (exact) mass is 264 g/mol. The molecule has 1 aliphatic heterocycles. The topological polar surface area (TPSA) is 41.1 Å². The molecule has 3 heteroatoms. The number of carbonyl (C=O) groups is 1. The second-order valence-corrected chi connectivity index (χ2v) is 5.48. The van der Waals surface area contributed by atoms with Crippen molar-refractivity contribution in [3.63, 3.8) is 0 Å². The van der Waals surface area contributed by atoms with Crippen molar-refractivity contribution >= 4 is 11.6 Å². The van der Waals surface area contributed by atoms with Crippen LogP contribution in [0, 0.1) is 0 Å². The summed E-state index contributed by atoms with van der Waals surface area (Å²) in [5.74, 6) is -0.00940. The Morgan fingerprint density at radius 2 is 1.80 bits per heavy atom. The third-order valence-corrected chi connectivity index (χ3v) is 4.20. The highest BCUT2D eigenvalue weighted by atomic mass is 16.2. The van der Waals surface area contributed by atoms with E-state index < -0.39 is 0 Å². The van der Waals surface area contributed by atoms with E-state index in [9.17, 15) is 4.79 Å². The molecule has 0 fully saturated rings. The maximum absolute atomic E-state index is 12.2. The van der Waals surface area contributed by atoms with Crippen LogP contribution in [0.25, 0.3) is 0 Å². The number of hydrogen-bond donors (Lipinski definition) is 2. The van der Waals surface area contributed by atoms with Gasteiger partial charge in [0.25, 0.3) is 5.91 Å². The van der Waals surface area contributed by atoms with E-state index in [-0.39, 0.29) is 12.1 Å². The van der Waals surface area contributed by atoms with E-state index in [1.54, 1.807) is 0 Å². The zero-order valence-corrected chi connectivity index (χ0v) is 11.1. The van der Waals surface area contributed by atoms with Gasteiger partial charge in [0.05, 0.1) is 5.56 Å². The van der Waals surface area contributed by atoms with Crippen molar-refractivity contribution in [3.8, 4) is 0 Å². The molecule has 4 rings (SSSR count). The maximum atomic E-state index is 12.2. The Morgan fingerprint density at radius 1 is 0.950 bits per heavy atom. The van der Waals surface area contributed by atoms with Gasteiger partial charge in [-0.15, -0.1) is 0 Å². The summed E-state index contributed by atoms with van der Waals surface area (Å²) >= 11 is 0. The molecule has 0 radical (unpaired) electrons. The lowest BCUT2D eigenvalue weighted by Gasteiger charge is -2.28. The van der Waals surface area contributed by atoms with Crippen LogP contribution in [0.2, 0.25) is 0 Å². The average Bonchev–Trinajstić information content (AvgIpc) is 2.94. The van der Waals surface area contributed by atoms with Gasteiger partial charge in [-0.25, -0.2) is 0 Å². The molecule has 2 aromatic rings. The zero-order chi connectivity index (χ0) is 13.5. The molecule has 1 amide bonds. The lowest BCUT2D eigenvalue weighted by Crippen LogP contribution is -2.38. The van der Waals surface area contributed by atoms with Gasteiger partial charge < -0.3 is 10.6 Å². The Kier molecular flexibility index (Phi) is 2.52. The summed E-state index contributed by atoms with van der Waals surface area (Å²) in [7, 11) is 0. The lowest BCUT2D eigenvalue weighted by atomic mass is 10.0. The SMILES string of the molecule is O=C1N[C@H](c2ccc3c(c2)CCC3)Nc2ccccc21. The number of para-hydroxylation sites is 1. The first-order chi connectivity index (χ1) is 9.81. The van der Waals surface area contributed by atoms with E-state index in [4.69, 9.17) is 0 Å². The number of amides is 1. The minimum atomic E-state index is -0.136. The van der Waals surface area contributed by atoms with Crippen molar-refractivity contribution in [2.45, 2.75) is 25.4 Å². The summed E-state index contributed by atoms with van der Waals surface area (Å²) in [5, 5.41) is 6.43. The second kappa shape index (κ2) is 4.37. The van der Waals surface area contributed by atoms with Crippen LogP contribution in [-0.4, -0.2) is 5.91 Å². The van der Waals surface area contributed by atoms with E-state index in [0.29, 0.717) is 5.56 Å². The van der Waals surface area contributed by atoms with Gasteiger partial charge in [-0.3, -0.25) is 4.79 Å². The van der Waals surface area contributed by atoms with Crippen molar-refractivity contribution in [1.29, 1.82) is 0 Å². The second-order valence-electron chi connectivity index (χ2n) is 5.48. The molecule has 2 N–H and O–H groups in total. The van der Waals surface area contributed by atoms with Crippen LogP contribution >= 0.6 is 0 Å². The first-order valence-corrected chi connectivity index (χ1v) is 7.09. The Hall–Kier alpha value is -2.29. The average molecular weight is 264 g/mol. The molecule has 1 aliphatic carbocycles. The number of hydrogen-bond acceptors (Lipinski definition) is 2. The molecule has 2 aromatic carbocycles. The fraction of sp³-hybridized carbons (Fsp3) is 0.235. The van der Waals surface area contributed by atoms with Crippen molar-refractivity contribution < 1.29 is 4.79 Å². The molecule has 0 saturated heterocycles. The number of fused-ring (bicyclic) bond motifs is 2. The standard InChI is InChI=1S/C17H16N2O/c20-17-14-6-1-2-7-15(14)18-16(19-17)13-9-8-11-4-3-5-12(11)10-13/h1-2,6-10,16,18H,3-5H2,(H,19,20)/t16-/m1/s1. The highest BCUT2D eigenvalue weighted by molar-refractivity contribution is 6.01. The number of carbonyl (C=O) groups excluding carboxylic acids is 1. The third-order valence-electron chi connectivity index (χ3n) is 4.20. The smallest absolute Gasteiger partial charge is 0.255 e. The molecule has 100 valence electrons. The summed E-state index contributed by atoms with van der Waals surface area (Å²) in [5.41, 5.74) is 5.63. The fourth-order valence-corrected chi connectivity index (χ4v) is 3.15. The molecule has 0 saturated carbocycles. The molecule has 3 nitrogen and oxygen atoms in total. The van der Waals surface area contributed by atoms with E-state index in [0.717, 1.165) is 17.7 Å². The van der Waals surface area contributed by atoms with E-state index in [1.165, 1.54) is 24.0 Å². The summed E-state index contributed by atoms with van der Waals surface area (Å²) in [6, 6.07) is 14.2. The van der Waals surface area contributed by atoms with Crippen molar-refractivity contribution in [2.75, 3.05) is 5.32 Å². The van der Waals surface area contributed by atoms with Gasteiger partial charge in [0, 0.05) is 5.69 Å².